The molecule has 1 aliphatic rings. The molecule has 0 bridgehead atoms. The Labute approximate surface area is 93.4 Å². The zero-order valence-corrected chi connectivity index (χ0v) is 10.3. The van der Waals surface area contributed by atoms with Gasteiger partial charge in [-0.15, -0.1) is 23.1 Å². The molecule has 1 aliphatic heterocycles. The van der Waals surface area contributed by atoms with Crippen LogP contribution >= 0.6 is 39.0 Å². The number of fused-ring (bicyclic) bond motifs is 1. The van der Waals surface area contributed by atoms with Crippen LogP contribution in [0.3, 0.4) is 0 Å². The van der Waals surface area contributed by atoms with Crippen LogP contribution in [-0.2, 0) is 0 Å². The standard InChI is InChI=1S/C8H8BrNOS2/c1-10-2-3-12-5-4-6(9)13-7(5)8(10)11/h4H,2-3H2,1H3. The predicted molar refractivity (Wildman–Crippen MR) is 59.7 cm³/mol. The summed E-state index contributed by atoms with van der Waals surface area (Å²) in [7, 11) is 1.85. The maximum absolute atomic E-state index is 11.8. The monoisotopic (exact) mass is 277 g/mol. The molecular formula is C8H8BrNOS2. The molecule has 1 aromatic heterocycles. The van der Waals surface area contributed by atoms with Crippen molar-refractivity contribution in [1.29, 1.82) is 0 Å². The minimum atomic E-state index is 0.149. The summed E-state index contributed by atoms with van der Waals surface area (Å²) in [5.74, 6) is 1.13. The second-order valence-corrected chi connectivity index (χ2v) is 6.39. The Bertz CT molecular complexity index is 350. The molecule has 0 atom stereocenters. The number of carbonyl (C=O) groups excluding carboxylic acids is 1. The van der Waals surface area contributed by atoms with Crippen molar-refractivity contribution in [2.45, 2.75) is 4.90 Å². The minimum absolute atomic E-state index is 0.149. The van der Waals surface area contributed by atoms with Gasteiger partial charge in [0.1, 0.15) is 4.88 Å². The van der Waals surface area contributed by atoms with Gasteiger partial charge in [-0.05, 0) is 22.0 Å². The van der Waals surface area contributed by atoms with E-state index in [-0.39, 0.29) is 5.91 Å². The average Bonchev–Trinajstić information content (AvgIpc) is 2.40. The van der Waals surface area contributed by atoms with Crippen LogP contribution in [0.1, 0.15) is 9.67 Å². The molecule has 0 N–H and O–H groups in total. The Hall–Kier alpha value is -0.0000000000000000555. The molecule has 0 unspecified atom stereocenters. The van der Waals surface area contributed by atoms with E-state index in [0.717, 1.165) is 25.9 Å². The first kappa shape index (κ1) is 9.55. The number of rotatable bonds is 0. The van der Waals surface area contributed by atoms with Crippen molar-refractivity contribution < 1.29 is 4.79 Å². The number of carbonyl (C=O) groups is 1. The zero-order chi connectivity index (χ0) is 9.42. The molecule has 5 heteroatoms. The van der Waals surface area contributed by atoms with E-state index in [4.69, 9.17) is 0 Å². The first-order valence-electron chi connectivity index (χ1n) is 3.86. The maximum atomic E-state index is 11.8. The summed E-state index contributed by atoms with van der Waals surface area (Å²) in [6.45, 7) is 0.836. The van der Waals surface area contributed by atoms with E-state index >= 15 is 0 Å². The predicted octanol–water partition coefficient (Wildman–Crippen LogP) is 2.69. The summed E-state index contributed by atoms with van der Waals surface area (Å²) in [6.07, 6.45) is 0. The third kappa shape index (κ3) is 1.78. The molecule has 2 nitrogen and oxygen atoms in total. The second-order valence-electron chi connectivity index (χ2n) is 2.82. The molecule has 1 aromatic rings. The van der Waals surface area contributed by atoms with Gasteiger partial charge in [0, 0.05) is 24.2 Å². The zero-order valence-electron chi connectivity index (χ0n) is 7.04. The van der Waals surface area contributed by atoms with E-state index < -0.39 is 0 Å². The smallest absolute Gasteiger partial charge is 0.264 e. The molecule has 0 fully saturated rings. The Balaban J connectivity index is 2.45. The van der Waals surface area contributed by atoms with Crippen LogP contribution in [0.25, 0.3) is 0 Å². The molecule has 2 heterocycles. The molecule has 0 aromatic carbocycles. The van der Waals surface area contributed by atoms with Crippen LogP contribution in [0.4, 0.5) is 0 Å². The molecule has 70 valence electrons. The summed E-state index contributed by atoms with van der Waals surface area (Å²) in [5.41, 5.74) is 0. The third-order valence-electron chi connectivity index (χ3n) is 1.89. The highest BCUT2D eigenvalue weighted by atomic mass is 79.9. The molecule has 0 aliphatic carbocycles. The highest BCUT2D eigenvalue weighted by Gasteiger charge is 2.22. The summed E-state index contributed by atoms with van der Waals surface area (Å²) in [4.78, 5) is 15.5. The molecule has 0 saturated heterocycles. The van der Waals surface area contributed by atoms with Crippen molar-refractivity contribution in [3.8, 4) is 0 Å². The lowest BCUT2D eigenvalue weighted by molar-refractivity contribution is 0.0807. The van der Waals surface area contributed by atoms with Gasteiger partial charge in [-0.1, -0.05) is 0 Å². The molecule has 1 amide bonds. The second kappa shape index (κ2) is 3.63. The lowest BCUT2D eigenvalue weighted by Crippen LogP contribution is -2.26. The lowest BCUT2D eigenvalue weighted by atomic mass is 10.4. The number of amides is 1. The summed E-state index contributed by atoms with van der Waals surface area (Å²) in [5, 5.41) is 0. The van der Waals surface area contributed by atoms with Gasteiger partial charge in [0.15, 0.2) is 0 Å². The van der Waals surface area contributed by atoms with E-state index in [1.165, 1.54) is 11.3 Å². The van der Waals surface area contributed by atoms with E-state index in [1.54, 1.807) is 16.7 Å². The van der Waals surface area contributed by atoms with Gasteiger partial charge < -0.3 is 4.90 Å². The van der Waals surface area contributed by atoms with Gasteiger partial charge >= 0.3 is 0 Å². The SMILES string of the molecule is CN1CCSc2cc(Br)sc2C1=O. The van der Waals surface area contributed by atoms with Crippen molar-refractivity contribution in [2.75, 3.05) is 19.3 Å². The van der Waals surface area contributed by atoms with Crippen LogP contribution in [0.15, 0.2) is 14.7 Å². The number of thiophene rings is 1. The molecule has 13 heavy (non-hydrogen) atoms. The first-order chi connectivity index (χ1) is 6.18. The van der Waals surface area contributed by atoms with Gasteiger partial charge in [0.25, 0.3) is 5.91 Å². The number of halogens is 1. The normalized spacial score (nSPS) is 17.1. The van der Waals surface area contributed by atoms with Crippen molar-refractivity contribution in [1.82, 2.24) is 4.90 Å². The average molecular weight is 278 g/mol. The van der Waals surface area contributed by atoms with Crippen LogP contribution < -0.4 is 0 Å². The van der Waals surface area contributed by atoms with Crippen molar-refractivity contribution >= 4 is 44.9 Å². The molecule has 2 rings (SSSR count). The topological polar surface area (TPSA) is 20.3 Å². The third-order valence-corrected chi connectivity index (χ3v) is 4.67. The van der Waals surface area contributed by atoms with Crippen LogP contribution in [0, 0.1) is 0 Å². The Morgan fingerprint density at radius 1 is 1.62 bits per heavy atom. The van der Waals surface area contributed by atoms with E-state index in [9.17, 15) is 4.79 Å². The van der Waals surface area contributed by atoms with Crippen LogP contribution in [-0.4, -0.2) is 30.2 Å². The van der Waals surface area contributed by atoms with Crippen molar-refractivity contribution in [3.05, 3.63) is 14.7 Å². The van der Waals surface area contributed by atoms with Gasteiger partial charge in [0.05, 0.1) is 3.79 Å². The molecule has 0 spiro atoms. The highest BCUT2D eigenvalue weighted by Crippen LogP contribution is 2.36. The summed E-state index contributed by atoms with van der Waals surface area (Å²) in [6, 6.07) is 2.03. The lowest BCUT2D eigenvalue weighted by Gasteiger charge is -2.11. The van der Waals surface area contributed by atoms with E-state index in [1.807, 2.05) is 13.1 Å². The molecular weight excluding hydrogens is 270 g/mol. The summed E-state index contributed by atoms with van der Waals surface area (Å²) < 4.78 is 1.04. The van der Waals surface area contributed by atoms with Crippen LogP contribution in [0.2, 0.25) is 0 Å². The minimum Gasteiger partial charge on any atom is -0.340 e. The first-order valence-corrected chi connectivity index (χ1v) is 6.45. The number of hydrogen-bond acceptors (Lipinski definition) is 3. The van der Waals surface area contributed by atoms with Gasteiger partial charge in [-0.25, -0.2) is 0 Å². The van der Waals surface area contributed by atoms with Gasteiger partial charge in [-0.3, -0.25) is 4.79 Å². The largest absolute Gasteiger partial charge is 0.340 e. The van der Waals surface area contributed by atoms with Gasteiger partial charge in [0.2, 0.25) is 0 Å². The Morgan fingerprint density at radius 2 is 2.38 bits per heavy atom. The number of nitrogens with zero attached hydrogens (tertiary/aromatic N) is 1. The highest BCUT2D eigenvalue weighted by molar-refractivity contribution is 9.11. The quantitative estimate of drug-likeness (QED) is 0.727. The summed E-state index contributed by atoms with van der Waals surface area (Å²) >= 11 is 6.68. The van der Waals surface area contributed by atoms with Gasteiger partial charge in [-0.2, -0.15) is 0 Å². The van der Waals surface area contributed by atoms with Crippen LogP contribution in [0.5, 0.6) is 0 Å². The Kier molecular flexibility index (Phi) is 2.67. The number of thioether (sulfide) groups is 1. The molecule has 0 radical (unpaired) electrons. The van der Waals surface area contributed by atoms with Crippen molar-refractivity contribution in [3.63, 3.8) is 0 Å². The Morgan fingerprint density at radius 3 is 3.15 bits per heavy atom. The number of hydrogen-bond donors (Lipinski definition) is 0. The maximum Gasteiger partial charge on any atom is 0.264 e. The van der Waals surface area contributed by atoms with E-state index in [0.29, 0.717) is 0 Å². The fourth-order valence-corrected chi connectivity index (χ4v) is 4.19. The molecule has 0 saturated carbocycles. The van der Waals surface area contributed by atoms with Crippen molar-refractivity contribution in [2.24, 2.45) is 0 Å². The van der Waals surface area contributed by atoms with E-state index in [2.05, 4.69) is 15.9 Å². The fraction of sp³-hybridized carbons (Fsp3) is 0.375. The fourth-order valence-electron chi connectivity index (χ4n) is 1.17.